The second-order valence-electron chi connectivity index (χ2n) is 6.04. The minimum atomic E-state index is 0.0849. The van der Waals surface area contributed by atoms with E-state index in [1.165, 1.54) is 0 Å². The van der Waals surface area contributed by atoms with Crippen molar-refractivity contribution in [2.24, 2.45) is 0 Å². The van der Waals surface area contributed by atoms with Crippen LogP contribution in [0.15, 0.2) is 54.6 Å². The molecule has 3 heteroatoms. The molecule has 0 unspecified atom stereocenters. The Kier molecular flexibility index (Phi) is 4.20. The molecule has 3 rings (SSSR count). The van der Waals surface area contributed by atoms with E-state index in [2.05, 4.69) is 18.4 Å². The first-order chi connectivity index (χ1) is 11.1. The number of Topliss-reactive ketones (excluding diaryl/α,β-unsaturated/α-hetero) is 1. The highest BCUT2D eigenvalue weighted by Crippen LogP contribution is 2.28. The summed E-state index contributed by atoms with van der Waals surface area (Å²) in [5.41, 5.74) is 2.92. The minimum Gasteiger partial charge on any atom is -0.489 e. The number of rotatable bonds is 5. The summed E-state index contributed by atoms with van der Waals surface area (Å²) >= 11 is 0. The number of nitrogens with zero attached hydrogens (tertiary/aromatic N) is 1. The number of hydrogen-bond donors (Lipinski definition) is 0. The van der Waals surface area contributed by atoms with E-state index in [9.17, 15) is 4.79 Å². The molecule has 0 aliphatic heterocycles. The molecule has 0 fully saturated rings. The van der Waals surface area contributed by atoms with Gasteiger partial charge in [-0.1, -0.05) is 30.3 Å². The van der Waals surface area contributed by atoms with Gasteiger partial charge in [0.15, 0.2) is 5.78 Å². The summed E-state index contributed by atoms with van der Waals surface area (Å²) in [4.78, 5) is 11.9. The van der Waals surface area contributed by atoms with Crippen molar-refractivity contribution in [1.29, 1.82) is 0 Å². The van der Waals surface area contributed by atoms with Crippen molar-refractivity contribution >= 4 is 16.7 Å². The zero-order chi connectivity index (χ0) is 16.4. The molecular weight excluding hydrogens is 286 g/mol. The van der Waals surface area contributed by atoms with Gasteiger partial charge in [-0.2, -0.15) is 0 Å². The van der Waals surface area contributed by atoms with Crippen LogP contribution in [0.25, 0.3) is 10.9 Å². The van der Waals surface area contributed by atoms with E-state index in [0.29, 0.717) is 6.61 Å². The molecule has 0 atom stereocenters. The van der Waals surface area contributed by atoms with Crippen LogP contribution in [0.5, 0.6) is 5.75 Å². The molecule has 0 aliphatic carbocycles. The molecular formula is C20H21NO2. The lowest BCUT2D eigenvalue weighted by Gasteiger charge is -2.14. The SMILES string of the molecule is CC(=O)c1cc2ccc(OCc3ccccc3)cc2n1C(C)C. The summed E-state index contributed by atoms with van der Waals surface area (Å²) < 4.78 is 7.98. The zero-order valence-corrected chi connectivity index (χ0v) is 13.7. The van der Waals surface area contributed by atoms with Crippen LogP contribution in [-0.4, -0.2) is 10.4 Å². The maximum Gasteiger partial charge on any atom is 0.176 e. The van der Waals surface area contributed by atoms with Gasteiger partial charge >= 0.3 is 0 Å². The van der Waals surface area contributed by atoms with Gasteiger partial charge in [-0.3, -0.25) is 4.79 Å². The fourth-order valence-electron chi connectivity index (χ4n) is 2.86. The third kappa shape index (κ3) is 3.14. The molecule has 2 aromatic carbocycles. The maximum atomic E-state index is 11.9. The Labute approximate surface area is 136 Å². The summed E-state index contributed by atoms with van der Waals surface area (Å²) in [6, 6.07) is 18.3. The van der Waals surface area contributed by atoms with Crippen molar-refractivity contribution < 1.29 is 9.53 Å². The Bertz CT molecular complexity index is 831. The first-order valence-corrected chi connectivity index (χ1v) is 7.89. The van der Waals surface area contributed by atoms with E-state index in [1.54, 1.807) is 6.92 Å². The molecule has 3 nitrogen and oxygen atoms in total. The first-order valence-electron chi connectivity index (χ1n) is 7.89. The van der Waals surface area contributed by atoms with E-state index < -0.39 is 0 Å². The van der Waals surface area contributed by atoms with Crippen molar-refractivity contribution in [3.8, 4) is 5.75 Å². The average molecular weight is 307 g/mol. The smallest absolute Gasteiger partial charge is 0.176 e. The van der Waals surface area contributed by atoms with Gasteiger partial charge < -0.3 is 9.30 Å². The van der Waals surface area contributed by atoms with Crippen LogP contribution in [0, 0.1) is 0 Å². The monoisotopic (exact) mass is 307 g/mol. The summed E-state index contributed by atoms with van der Waals surface area (Å²) in [7, 11) is 0. The van der Waals surface area contributed by atoms with E-state index in [-0.39, 0.29) is 11.8 Å². The normalized spacial score (nSPS) is 11.1. The van der Waals surface area contributed by atoms with Gasteiger partial charge in [0.25, 0.3) is 0 Å². The molecule has 0 saturated carbocycles. The summed E-state index contributed by atoms with van der Waals surface area (Å²) in [6.45, 7) is 6.32. The third-order valence-corrected chi connectivity index (χ3v) is 3.94. The molecule has 0 amide bonds. The third-order valence-electron chi connectivity index (χ3n) is 3.94. The maximum absolute atomic E-state index is 11.9. The van der Waals surface area contributed by atoms with E-state index in [1.807, 2.05) is 54.6 Å². The molecule has 1 aromatic heterocycles. The van der Waals surface area contributed by atoms with Gasteiger partial charge in [0.05, 0.1) is 11.2 Å². The number of benzene rings is 2. The lowest BCUT2D eigenvalue weighted by atomic mass is 10.2. The lowest BCUT2D eigenvalue weighted by Crippen LogP contribution is -2.08. The highest BCUT2D eigenvalue weighted by atomic mass is 16.5. The number of ketones is 1. The predicted molar refractivity (Wildman–Crippen MR) is 93.1 cm³/mol. The fourth-order valence-corrected chi connectivity index (χ4v) is 2.86. The highest BCUT2D eigenvalue weighted by molar-refractivity contribution is 5.99. The van der Waals surface area contributed by atoms with Crippen molar-refractivity contribution in [1.82, 2.24) is 4.57 Å². The van der Waals surface area contributed by atoms with Gasteiger partial charge in [-0.05, 0) is 37.6 Å². The Morgan fingerprint density at radius 2 is 1.83 bits per heavy atom. The average Bonchev–Trinajstić information content (AvgIpc) is 2.93. The van der Waals surface area contributed by atoms with Crippen LogP contribution in [0.4, 0.5) is 0 Å². The number of carbonyl (C=O) groups is 1. The first kappa shape index (κ1) is 15.3. The number of fused-ring (bicyclic) bond motifs is 1. The molecule has 23 heavy (non-hydrogen) atoms. The van der Waals surface area contributed by atoms with Gasteiger partial charge in [0.2, 0.25) is 0 Å². The number of ether oxygens (including phenoxy) is 1. The number of aromatic nitrogens is 1. The number of hydrogen-bond acceptors (Lipinski definition) is 2. The second kappa shape index (κ2) is 6.29. The molecule has 0 N–H and O–H groups in total. The Morgan fingerprint density at radius 1 is 1.09 bits per heavy atom. The summed E-state index contributed by atoms with van der Waals surface area (Å²) in [5.74, 6) is 0.901. The highest BCUT2D eigenvalue weighted by Gasteiger charge is 2.15. The molecule has 1 heterocycles. The van der Waals surface area contributed by atoms with Crippen molar-refractivity contribution in [2.45, 2.75) is 33.4 Å². The van der Waals surface area contributed by atoms with Crippen LogP contribution < -0.4 is 4.74 Å². The Hall–Kier alpha value is -2.55. The Morgan fingerprint density at radius 3 is 2.48 bits per heavy atom. The van der Waals surface area contributed by atoms with Crippen molar-refractivity contribution in [3.05, 3.63) is 65.9 Å². The van der Waals surface area contributed by atoms with E-state index in [0.717, 1.165) is 27.9 Å². The minimum absolute atomic E-state index is 0.0849. The van der Waals surface area contributed by atoms with Crippen LogP contribution in [-0.2, 0) is 6.61 Å². The van der Waals surface area contributed by atoms with Crippen LogP contribution in [0.3, 0.4) is 0 Å². The largest absolute Gasteiger partial charge is 0.489 e. The van der Waals surface area contributed by atoms with Gasteiger partial charge in [-0.25, -0.2) is 0 Å². The van der Waals surface area contributed by atoms with Crippen LogP contribution in [0.2, 0.25) is 0 Å². The van der Waals surface area contributed by atoms with Crippen molar-refractivity contribution in [3.63, 3.8) is 0 Å². The molecule has 3 aromatic rings. The predicted octanol–water partition coefficient (Wildman–Crippen LogP) is 5.00. The molecule has 0 radical (unpaired) electrons. The summed E-state index contributed by atoms with van der Waals surface area (Å²) in [6.07, 6.45) is 0. The zero-order valence-electron chi connectivity index (χ0n) is 13.7. The quantitative estimate of drug-likeness (QED) is 0.621. The molecule has 0 bridgehead atoms. The van der Waals surface area contributed by atoms with Crippen LogP contribution in [0.1, 0.15) is 42.9 Å². The molecule has 0 saturated heterocycles. The van der Waals surface area contributed by atoms with Crippen LogP contribution >= 0.6 is 0 Å². The second-order valence-corrected chi connectivity index (χ2v) is 6.04. The van der Waals surface area contributed by atoms with Crippen molar-refractivity contribution in [2.75, 3.05) is 0 Å². The Balaban J connectivity index is 1.94. The molecule has 0 aliphatic rings. The topological polar surface area (TPSA) is 31.2 Å². The van der Waals surface area contributed by atoms with E-state index in [4.69, 9.17) is 4.74 Å². The van der Waals surface area contributed by atoms with Gasteiger partial charge in [-0.15, -0.1) is 0 Å². The fraction of sp³-hybridized carbons (Fsp3) is 0.250. The summed E-state index contributed by atoms with van der Waals surface area (Å²) in [5, 5.41) is 1.07. The standard InChI is InChI=1S/C20H21NO2/c1-14(2)21-19(15(3)22)11-17-9-10-18(12-20(17)21)23-13-16-7-5-4-6-8-16/h4-12,14H,13H2,1-3H3. The lowest BCUT2D eigenvalue weighted by molar-refractivity contribution is 0.100. The number of carbonyl (C=O) groups excluding carboxylic acids is 1. The van der Waals surface area contributed by atoms with E-state index >= 15 is 0 Å². The molecule has 0 spiro atoms. The molecule has 118 valence electrons. The van der Waals surface area contributed by atoms with Gasteiger partial charge in [0, 0.05) is 24.4 Å². The van der Waals surface area contributed by atoms with Gasteiger partial charge in [0.1, 0.15) is 12.4 Å².